The lowest BCUT2D eigenvalue weighted by Gasteiger charge is -2.21. The molecule has 1 fully saturated rings. The Hall–Kier alpha value is -1.56. The molecule has 0 atom stereocenters. The van der Waals surface area contributed by atoms with Gasteiger partial charge in [0.25, 0.3) is 0 Å². The second-order valence-electron chi connectivity index (χ2n) is 5.01. The van der Waals surface area contributed by atoms with Gasteiger partial charge in [-0.3, -0.25) is 4.79 Å². The largest absolute Gasteiger partial charge is 0.393 e. The van der Waals surface area contributed by atoms with Crippen LogP contribution in [0.3, 0.4) is 0 Å². The fourth-order valence-electron chi connectivity index (χ4n) is 2.32. The van der Waals surface area contributed by atoms with Crippen LogP contribution >= 0.6 is 0 Å². The molecule has 1 aromatic rings. The Bertz CT molecular complexity index is 468. The number of halogens is 3. The molecule has 3 nitrogen and oxygen atoms in total. The summed E-state index contributed by atoms with van der Waals surface area (Å²) in [4.78, 5) is 12.0. The normalized spacial score (nSPS) is 16.9. The molecule has 0 unspecified atom stereocenters. The third kappa shape index (κ3) is 4.52. The highest BCUT2D eigenvalue weighted by Gasteiger charge is 2.27. The maximum Gasteiger partial charge on any atom is 0.393 e. The summed E-state index contributed by atoms with van der Waals surface area (Å²) in [6.45, 7) is 1.60. The molecule has 0 radical (unpaired) electrons. The van der Waals surface area contributed by atoms with Crippen LogP contribution in [0.15, 0.2) is 24.3 Å². The van der Waals surface area contributed by atoms with Gasteiger partial charge in [-0.15, -0.1) is 0 Å². The summed E-state index contributed by atoms with van der Waals surface area (Å²) in [5.41, 5.74) is 0.580. The number of hydrogen-bond donors (Lipinski definition) is 2. The van der Waals surface area contributed by atoms with E-state index in [0.717, 1.165) is 25.9 Å². The molecule has 0 saturated carbocycles. The Balaban J connectivity index is 1.98. The molecular formula is C14H17F3N2O. The van der Waals surface area contributed by atoms with E-state index in [4.69, 9.17) is 0 Å². The van der Waals surface area contributed by atoms with Gasteiger partial charge in [0.05, 0.1) is 6.42 Å². The second-order valence-corrected chi connectivity index (χ2v) is 5.01. The van der Waals surface area contributed by atoms with Crippen LogP contribution in [0.25, 0.3) is 0 Å². The number of carbonyl (C=O) groups is 1. The maximum atomic E-state index is 12.3. The molecular weight excluding hydrogens is 269 g/mol. The van der Waals surface area contributed by atoms with Crippen molar-refractivity contribution in [2.24, 2.45) is 5.92 Å². The first-order chi connectivity index (χ1) is 9.44. The van der Waals surface area contributed by atoms with E-state index in [0.29, 0.717) is 5.69 Å². The second kappa shape index (κ2) is 6.26. The molecule has 1 aliphatic heterocycles. The predicted octanol–water partition coefficient (Wildman–Crippen LogP) is 2.73. The minimum absolute atomic E-state index is 0.0671. The van der Waals surface area contributed by atoms with Crippen LogP contribution in [0.2, 0.25) is 0 Å². The quantitative estimate of drug-likeness (QED) is 0.897. The third-order valence-electron chi connectivity index (χ3n) is 3.31. The summed E-state index contributed by atoms with van der Waals surface area (Å²) in [7, 11) is 0. The minimum Gasteiger partial charge on any atom is -0.326 e. The number of alkyl halides is 3. The summed E-state index contributed by atoms with van der Waals surface area (Å²) in [6, 6.07) is 5.93. The van der Waals surface area contributed by atoms with E-state index in [1.807, 2.05) is 0 Å². The van der Waals surface area contributed by atoms with E-state index in [1.165, 1.54) is 18.2 Å². The number of benzene rings is 1. The van der Waals surface area contributed by atoms with Crippen molar-refractivity contribution in [3.63, 3.8) is 0 Å². The number of nitrogens with one attached hydrogen (secondary N) is 2. The van der Waals surface area contributed by atoms with Gasteiger partial charge >= 0.3 is 6.18 Å². The first kappa shape index (κ1) is 14.8. The lowest BCUT2D eigenvalue weighted by Crippen LogP contribution is -2.34. The van der Waals surface area contributed by atoms with Crippen molar-refractivity contribution < 1.29 is 18.0 Å². The first-order valence-electron chi connectivity index (χ1n) is 6.61. The zero-order valence-corrected chi connectivity index (χ0v) is 11.0. The minimum atomic E-state index is -4.24. The van der Waals surface area contributed by atoms with Crippen LogP contribution in [0.4, 0.5) is 18.9 Å². The number of piperidine rings is 1. The Labute approximate surface area is 115 Å². The number of anilines is 1. The van der Waals surface area contributed by atoms with Crippen molar-refractivity contribution in [3.8, 4) is 0 Å². The monoisotopic (exact) mass is 286 g/mol. The van der Waals surface area contributed by atoms with Gasteiger partial charge < -0.3 is 10.6 Å². The zero-order valence-electron chi connectivity index (χ0n) is 11.0. The van der Waals surface area contributed by atoms with E-state index in [2.05, 4.69) is 10.6 Å². The standard InChI is InChI=1S/C14H17F3N2O/c15-14(16,17)9-10-2-1-3-12(8-10)19-13(20)11-4-6-18-7-5-11/h1-3,8,11,18H,4-7,9H2,(H,19,20). The van der Waals surface area contributed by atoms with Gasteiger partial charge in [0.1, 0.15) is 0 Å². The first-order valence-corrected chi connectivity index (χ1v) is 6.61. The smallest absolute Gasteiger partial charge is 0.326 e. The summed E-state index contributed by atoms with van der Waals surface area (Å²) in [6.07, 6.45) is -3.70. The zero-order chi connectivity index (χ0) is 14.6. The third-order valence-corrected chi connectivity index (χ3v) is 3.31. The Morgan fingerprint density at radius 1 is 1.30 bits per heavy atom. The lowest BCUT2D eigenvalue weighted by atomic mass is 9.97. The molecule has 0 aliphatic carbocycles. The topological polar surface area (TPSA) is 41.1 Å². The Morgan fingerprint density at radius 2 is 2.00 bits per heavy atom. The van der Waals surface area contributed by atoms with Gasteiger partial charge in [0, 0.05) is 11.6 Å². The molecule has 1 heterocycles. The average Bonchev–Trinajstić information content (AvgIpc) is 2.38. The van der Waals surface area contributed by atoms with E-state index >= 15 is 0 Å². The average molecular weight is 286 g/mol. The molecule has 110 valence electrons. The molecule has 6 heteroatoms. The molecule has 0 aromatic heterocycles. The highest BCUT2D eigenvalue weighted by molar-refractivity contribution is 5.92. The van der Waals surface area contributed by atoms with Crippen molar-refractivity contribution in [3.05, 3.63) is 29.8 Å². The van der Waals surface area contributed by atoms with Crippen LogP contribution in [0.5, 0.6) is 0 Å². The molecule has 20 heavy (non-hydrogen) atoms. The van der Waals surface area contributed by atoms with Gasteiger partial charge in [-0.1, -0.05) is 12.1 Å². The number of amides is 1. The van der Waals surface area contributed by atoms with Crippen molar-refractivity contribution in [2.45, 2.75) is 25.4 Å². The summed E-state index contributed by atoms with van der Waals surface area (Å²) >= 11 is 0. The van der Waals surface area contributed by atoms with E-state index < -0.39 is 12.6 Å². The molecule has 1 aromatic carbocycles. The van der Waals surface area contributed by atoms with Crippen molar-refractivity contribution in [2.75, 3.05) is 18.4 Å². The van der Waals surface area contributed by atoms with Crippen molar-refractivity contribution in [1.29, 1.82) is 0 Å². The van der Waals surface area contributed by atoms with Gasteiger partial charge in [0.2, 0.25) is 5.91 Å². The molecule has 1 aliphatic rings. The van der Waals surface area contributed by atoms with Gasteiger partial charge in [-0.2, -0.15) is 13.2 Å². The highest BCUT2D eigenvalue weighted by atomic mass is 19.4. The van der Waals surface area contributed by atoms with Crippen LogP contribution in [-0.4, -0.2) is 25.2 Å². The molecule has 0 bridgehead atoms. The van der Waals surface area contributed by atoms with Crippen LogP contribution in [0, 0.1) is 5.92 Å². The van der Waals surface area contributed by atoms with Crippen molar-refractivity contribution >= 4 is 11.6 Å². The fraction of sp³-hybridized carbons (Fsp3) is 0.500. The summed E-state index contributed by atoms with van der Waals surface area (Å²) in [5, 5.41) is 5.87. The predicted molar refractivity (Wildman–Crippen MR) is 70.4 cm³/mol. The summed E-state index contributed by atoms with van der Waals surface area (Å²) < 4.78 is 37.0. The molecule has 0 spiro atoms. The van der Waals surface area contributed by atoms with E-state index in [9.17, 15) is 18.0 Å². The number of carbonyl (C=O) groups excluding carboxylic acids is 1. The number of hydrogen-bond acceptors (Lipinski definition) is 2. The van der Waals surface area contributed by atoms with Gasteiger partial charge in [-0.25, -0.2) is 0 Å². The number of rotatable bonds is 3. The maximum absolute atomic E-state index is 12.3. The van der Waals surface area contributed by atoms with Crippen LogP contribution in [0.1, 0.15) is 18.4 Å². The summed E-state index contributed by atoms with van der Waals surface area (Å²) in [5.74, 6) is -0.182. The fourth-order valence-corrected chi connectivity index (χ4v) is 2.32. The Morgan fingerprint density at radius 3 is 2.65 bits per heavy atom. The van der Waals surface area contributed by atoms with Crippen molar-refractivity contribution in [1.82, 2.24) is 5.32 Å². The van der Waals surface area contributed by atoms with Gasteiger partial charge in [-0.05, 0) is 43.6 Å². The van der Waals surface area contributed by atoms with Crippen LogP contribution in [-0.2, 0) is 11.2 Å². The van der Waals surface area contributed by atoms with Crippen LogP contribution < -0.4 is 10.6 Å². The molecule has 2 rings (SSSR count). The molecule has 2 N–H and O–H groups in total. The van der Waals surface area contributed by atoms with E-state index in [-0.39, 0.29) is 17.4 Å². The van der Waals surface area contributed by atoms with Gasteiger partial charge in [0.15, 0.2) is 0 Å². The lowest BCUT2D eigenvalue weighted by molar-refractivity contribution is -0.127. The molecule has 1 saturated heterocycles. The molecule has 1 amide bonds. The highest BCUT2D eigenvalue weighted by Crippen LogP contribution is 2.23. The van der Waals surface area contributed by atoms with E-state index in [1.54, 1.807) is 6.07 Å². The Kier molecular flexibility index (Phi) is 4.65. The SMILES string of the molecule is O=C(Nc1cccc(CC(F)(F)F)c1)C1CCNCC1.